The van der Waals surface area contributed by atoms with Gasteiger partial charge in [0.25, 0.3) is 0 Å². The largest absolute Gasteiger partial charge is 0.480 e. The third kappa shape index (κ3) is 3.22. The number of fused-ring (bicyclic) bond motifs is 4. The molecule has 1 N–H and O–H groups in total. The van der Waals surface area contributed by atoms with E-state index < -0.39 is 17.6 Å². The Balaban J connectivity index is 1.51. The van der Waals surface area contributed by atoms with Gasteiger partial charge in [-0.3, -0.25) is 4.79 Å². The number of aliphatic carboxylic acids is 1. The predicted octanol–water partition coefficient (Wildman–Crippen LogP) is 4.04. The maximum absolute atomic E-state index is 12.8. The van der Waals surface area contributed by atoms with Crippen LogP contribution in [0.3, 0.4) is 0 Å². The lowest BCUT2D eigenvalue weighted by Crippen LogP contribution is -2.40. The van der Waals surface area contributed by atoms with Crippen LogP contribution in [-0.2, 0) is 28.9 Å². The molecule has 0 radical (unpaired) electrons. The van der Waals surface area contributed by atoms with Gasteiger partial charge in [0.05, 0.1) is 0 Å². The van der Waals surface area contributed by atoms with Crippen molar-refractivity contribution in [3.05, 3.63) is 44.5 Å². The zero-order chi connectivity index (χ0) is 22.6. The van der Waals surface area contributed by atoms with Crippen molar-refractivity contribution in [2.75, 3.05) is 6.54 Å². The molecule has 2 aromatic heterocycles. The summed E-state index contributed by atoms with van der Waals surface area (Å²) in [5, 5.41) is 11.3. The standard InChI is InChI=1S/C25H27NO6/c1-13-15(9-10-21(27)26-11-5-7-19(26)24(28)29)25(30)32-22-14(2)23-18(12-17(13)22)16-6-3-4-8-20(16)31-23/h12,19H,3-11H2,1-2H3,(H,28,29). The van der Waals surface area contributed by atoms with E-state index in [4.69, 9.17) is 8.83 Å². The molecule has 1 atom stereocenters. The van der Waals surface area contributed by atoms with E-state index in [1.165, 1.54) is 10.5 Å². The summed E-state index contributed by atoms with van der Waals surface area (Å²) in [6.07, 6.45) is 5.66. The molecule has 7 nitrogen and oxygen atoms in total. The highest BCUT2D eigenvalue weighted by atomic mass is 16.4. The van der Waals surface area contributed by atoms with Gasteiger partial charge in [0.1, 0.15) is 23.0 Å². The second-order valence-corrected chi connectivity index (χ2v) is 9.04. The smallest absolute Gasteiger partial charge is 0.339 e. The normalized spacial score (nSPS) is 18.4. The molecule has 1 aromatic carbocycles. The Kier molecular flexibility index (Phi) is 5.07. The van der Waals surface area contributed by atoms with E-state index in [0.717, 1.165) is 58.9 Å². The van der Waals surface area contributed by atoms with Crippen molar-refractivity contribution in [3.8, 4) is 0 Å². The number of hydrogen-bond acceptors (Lipinski definition) is 5. The number of rotatable bonds is 4. The molecule has 0 saturated carbocycles. The molecule has 1 unspecified atom stereocenters. The van der Waals surface area contributed by atoms with E-state index in [2.05, 4.69) is 6.07 Å². The summed E-state index contributed by atoms with van der Waals surface area (Å²) in [5.41, 5.74) is 4.26. The second kappa shape index (κ2) is 7.80. The topological polar surface area (TPSA) is 101 Å². The van der Waals surface area contributed by atoms with E-state index in [0.29, 0.717) is 30.5 Å². The highest BCUT2D eigenvalue weighted by Crippen LogP contribution is 2.38. The van der Waals surface area contributed by atoms with Crippen molar-refractivity contribution in [1.29, 1.82) is 0 Å². The lowest BCUT2D eigenvalue weighted by Gasteiger charge is -2.21. The maximum Gasteiger partial charge on any atom is 0.339 e. The number of benzene rings is 1. The van der Waals surface area contributed by atoms with Gasteiger partial charge < -0.3 is 18.8 Å². The Morgan fingerprint density at radius 2 is 1.81 bits per heavy atom. The predicted molar refractivity (Wildman–Crippen MR) is 119 cm³/mol. The van der Waals surface area contributed by atoms with Crippen molar-refractivity contribution in [2.24, 2.45) is 0 Å². The Morgan fingerprint density at radius 1 is 1.06 bits per heavy atom. The number of carbonyl (C=O) groups is 2. The van der Waals surface area contributed by atoms with Gasteiger partial charge in [-0.25, -0.2) is 9.59 Å². The SMILES string of the molecule is Cc1c(CCC(=O)N2CCCC2C(=O)O)c(=O)oc2c(C)c3oc4c(c3cc12)CCCC4. The zero-order valence-electron chi connectivity index (χ0n) is 18.5. The fraction of sp³-hybridized carbons (Fsp3) is 0.480. The van der Waals surface area contributed by atoms with Crippen LogP contribution in [0.25, 0.3) is 21.9 Å². The van der Waals surface area contributed by atoms with E-state index in [9.17, 15) is 19.5 Å². The molecule has 3 aromatic rings. The van der Waals surface area contributed by atoms with Crippen molar-refractivity contribution >= 4 is 33.8 Å². The van der Waals surface area contributed by atoms with Crippen LogP contribution in [0, 0.1) is 13.8 Å². The van der Waals surface area contributed by atoms with Gasteiger partial charge in [0.15, 0.2) is 0 Å². The third-order valence-corrected chi connectivity index (χ3v) is 7.17. The van der Waals surface area contributed by atoms with E-state index >= 15 is 0 Å². The summed E-state index contributed by atoms with van der Waals surface area (Å²) >= 11 is 0. The molecule has 1 fully saturated rings. The van der Waals surface area contributed by atoms with E-state index in [1.807, 2.05) is 13.8 Å². The molecule has 1 amide bonds. The average molecular weight is 437 g/mol. The number of carboxylic acid groups (broad SMARTS) is 1. The molecule has 1 saturated heterocycles. The quantitative estimate of drug-likeness (QED) is 0.618. The van der Waals surface area contributed by atoms with Gasteiger partial charge in [-0.1, -0.05) is 0 Å². The second-order valence-electron chi connectivity index (χ2n) is 9.04. The zero-order valence-corrected chi connectivity index (χ0v) is 18.5. The number of furan rings is 1. The monoisotopic (exact) mass is 437 g/mol. The fourth-order valence-electron chi connectivity index (χ4n) is 5.40. The molecule has 5 rings (SSSR count). The van der Waals surface area contributed by atoms with Crippen LogP contribution in [0.4, 0.5) is 0 Å². The van der Waals surface area contributed by atoms with Crippen LogP contribution < -0.4 is 5.63 Å². The first-order chi connectivity index (χ1) is 15.4. The summed E-state index contributed by atoms with van der Waals surface area (Å²) < 4.78 is 11.9. The Labute approximate surface area is 185 Å². The van der Waals surface area contributed by atoms with Gasteiger partial charge >= 0.3 is 11.6 Å². The summed E-state index contributed by atoms with van der Waals surface area (Å²) in [7, 11) is 0. The number of aryl methyl sites for hydroxylation is 4. The molecule has 2 aliphatic rings. The molecule has 32 heavy (non-hydrogen) atoms. The van der Waals surface area contributed by atoms with Gasteiger partial charge in [-0.2, -0.15) is 0 Å². The minimum atomic E-state index is -0.972. The molecule has 168 valence electrons. The highest BCUT2D eigenvalue weighted by Gasteiger charge is 2.33. The molecular weight excluding hydrogens is 410 g/mol. The molecular formula is C25H27NO6. The Bertz CT molecular complexity index is 1310. The van der Waals surface area contributed by atoms with Crippen LogP contribution in [0.5, 0.6) is 0 Å². The summed E-state index contributed by atoms with van der Waals surface area (Å²) in [6.45, 7) is 4.27. The first-order valence-corrected chi connectivity index (χ1v) is 11.4. The fourth-order valence-corrected chi connectivity index (χ4v) is 5.40. The summed E-state index contributed by atoms with van der Waals surface area (Å²) in [6, 6.07) is 1.30. The average Bonchev–Trinajstić information content (AvgIpc) is 3.40. The van der Waals surface area contributed by atoms with Crippen LogP contribution in [0.2, 0.25) is 0 Å². The maximum atomic E-state index is 12.8. The number of nitrogens with zero attached hydrogens (tertiary/aromatic N) is 1. The molecule has 0 bridgehead atoms. The minimum Gasteiger partial charge on any atom is -0.480 e. The van der Waals surface area contributed by atoms with E-state index in [-0.39, 0.29) is 18.7 Å². The first-order valence-electron chi connectivity index (χ1n) is 11.4. The highest BCUT2D eigenvalue weighted by molar-refractivity contribution is 6.00. The third-order valence-electron chi connectivity index (χ3n) is 7.17. The van der Waals surface area contributed by atoms with Gasteiger partial charge in [0.2, 0.25) is 5.91 Å². The van der Waals surface area contributed by atoms with Crippen molar-refractivity contribution in [2.45, 2.75) is 71.3 Å². The van der Waals surface area contributed by atoms with Crippen molar-refractivity contribution in [3.63, 3.8) is 0 Å². The van der Waals surface area contributed by atoms with Crippen molar-refractivity contribution in [1.82, 2.24) is 4.90 Å². The Morgan fingerprint density at radius 3 is 2.59 bits per heavy atom. The molecule has 1 aliphatic heterocycles. The summed E-state index contributed by atoms with van der Waals surface area (Å²) in [4.78, 5) is 38.3. The molecule has 0 spiro atoms. The summed E-state index contributed by atoms with van der Waals surface area (Å²) in [5.74, 6) is -0.168. The lowest BCUT2D eigenvalue weighted by atomic mass is 9.93. The Hall–Kier alpha value is -3.09. The number of likely N-dealkylation sites (tertiary alicyclic amines) is 1. The van der Waals surface area contributed by atoms with Gasteiger partial charge in [0, 0.05) is 46.8 Å². The molecule has 1 aliphatic carbocycles. The first kappa shape index (κ1) is 20.8. The minimum absolute atomic E-state index is 0.0865. The number of carboxylic acids is 1. The van der Waals surface area contributed by atoms with Crippen LogP contribution in [0.1, 0.15) is 60.1 Å². The van der Waals surface area contributed by atoms with Crippen LogP contribution in [0.15, 0.2) is 19.7 Å². The number of hydrogen-bond donors (Lipinski definition) is 1. The van der Waals surface area contributed by atoms with Gasteiger partial charge in [-0.05, 0) is 64.0 Å². The van der Waals surface area contributed by atoms with Gasteiger partial charge in [-0.15, -0.1) is 0 Å². The number of carbonyl (C=O) groups excluding carboxylic acids is 1. The van der Waals surface area contributed by atoms with Crippen molar-refractivity contribution < 1.29 is 23.5 Å². The van der Waals surface area contributed by atoms with E-state index in [1.54, 1.807) is 0 Å². The number of amides is 1. The lowest BCUT2D eigenvalue weighted by molar-refractivity contribution is -0.148. The van der Waals surface area contributed by atoms with Crippen LogP contribution >= 0.6 is 0 Å². The molecule has 7 heteroatoms. The van der Waals surface area contributed by atoms with Crippen LogP contribution in [-0.4, -0.2) is 34.5 Å². The molecule has 3 heterocycles.